The van der Waals surface area contributed by atoms with Crippen LogP contribution >= 0.6 is 0 Å². The van der Waals surface area contributed by atoms with Gasteiger partial charge in [0.05, 0.1) is 5.92 Å². The third-order valence-corrected chi connectivity index (χ3v) is 3.22. The van der Waals surface area contributed by atoms with Crippen molar-refractivity contribution >= 4 is 5.91 Å². The number of primary amides is 1. The molecule has 12 heavy (non-hydrogen) atoms. The largest absolute Gasteiger partial charge is 0.369 e. The van der Waals surface area contributed by atoms with Gasteiger partial charge in [0.1, 0.15) is 0 Å². The number of hydrogen-bond donors (Lipinski definition) is 1. The Balaban J connectivity index is 2.05. The van der Waals surface area contributed by atoms with Crippen molar-refractivity contribution in [1.82, 2.24) is 4.90 Å². The van der Waals surface area contributed by atoms with Crippen LogP contribution in [0, 0.1) is 5.92 Å². The molecular weight excluding hydrogens is 152 g/mol. The fourth-order valence-electron chi connectivity index (χ4n) is 2.58. The van der Waals surface area contributed by atoms with Crippen LogP contribution in [0.4, 0.5) is 0 Å². The predicted molar refractivity (Wildman–Crippen MR) is 46.5 cm³/mol. The van der Waals surface area contributed by atoms with Crippen molar-refractivity contribution in [3.8, 4) is 0 Å². The molecule has 2 N–H and O–H groups in total. The molecule has 2 rings (SSSR count). The van der Waals surface area contributed by atoms with Gasteiger partial charge in [-0.25, -0.2) is 0 Å². The summed E-state index contributed by atoms with van der Waals surface area (Å²) >= 11 is 0. The standard InChI is InChI=1S/C9H16N2O/c10-9(12)7-4-6-11-5-2-1-3-8(7)11/h7-8H,1-6H2,(H2,10,12). The van der Waals surface area contributed by atoms with Crippen molar-refractivity contribution in [2.75, 3.05) is 13.1 Å². The Bertz CT molecular complexity index is 193. The number of nitrogens with two attached hydrogens (primary N) is 1. The van der Waals surface area contributed by atoms with E-state index >= 15 is 0 Å². The molecule has 0 aromatic carbocycles. The lowest BCUT2D eigenvalue weighted by atomic mass is 9.93. The Labute approximate surface area is 72.9 Å². The molecule has 0 aromatic heterocycles. The van der Waals surface area contributed by atoms with E-state index in [2.05, 4.69) is 4.90 Å². The summed E-state index contributed by atoms with van der Waals surface area (Å²) in [5, 5.41) is 0. The molecule has 2 unspecified atom stereocenters. The number of rotatable bonds is 1. The number of carbonyl (C=O) groups excluding carboxylic acids is 1. The first kappa shape index (κ1) is 8.05. The number of amides is 1. The Kier molecular flexibility index (Phi) is 2.05. The quantitative estimate of drug-likeness (QED) is 0.614. The van der Waals surface area contributed by atoms with Crippen LogP contribution in [-0.2, 0) is 4.79 Å². The molecule has 0 spiro atoms. The van der Waals surface area contributed by atoms with Crippen LogP contribution in [-0.4, -0.2) is 29.9 Å². The number of piperidine rings is 1. The smallest absolute Gasteiger partial charge is 0.222 e. The van der Waals surface area contributed by atoms with E-state index < -0.39 is 0 Å². The molecular formula is C9H16N2O. The second kappa shape index (κ2) is 3.05. The topological polar surface area (TPSA) is 46.3 Å². The van der Waals surface area contributed by atoms with E-state index in [1.54, 1.807) is 0 Å². The lowest BCUT2D eigenvalue weighted by Crippen LogP contribution is -2.40. The molecule has 0 aliphatic carbocycles. The van der Waals surface area contributed by atoms with Gasteiger partial charge < -0.3 is 5.73 Å². The van der Waals surface area contributed by atoms with E-state index in [0.29, 0.717) is 6.04 Å². The van der Waals surface area contributed by atoms with Crippen LogP contribution in [0.1, 0.15) is 25.7 Å². The fourth-order valence-corrected chi connectivity index (χ4v) is 2.58. The van der Waals surface area contributed by atoms with Gasteiger partial charge in [-0.1, -0.05) is 6.42 Å². The number of fused-ring (bicyclic) bond motifs is 1. The number of hydrogen-bond acceptors (Lipinski definition) is 2. The van der Waals surface area contributed by atoms with Crippen molar-refractivity contribution in [3.05, 3.63) is 0 Å². The highest BCUT2D eigenvalue weighted by atomic mass is 16.1. The first-order chi connectivity index (χ1) is 5.79. The van der Waals surface area contributed by atoms with Crippen LogP contribution in [0.25, 0.3) is 0 Å². The summed E-state index contributed by atoms with van der Waals surface area (Å²) in [7, 11) is 0. The van der Waals surface area contributed by atoms with Gasteiger partial charge >= 0.3 is 0 Å². The third-order valence-electron chi connectivity index (χ3n) is 3.22. The highest BCUT2D eigenvalue weighted by molar-refractivity contribution is 5.77. The van der Waals surface area contributed by atoms with E-state index in [0.717, 1.165) is 13.0 Å². The molecule has 2 heterocycles. The molecule has 3 nitrogen and oxygen atoms in total. The molecule has 2 atom stereocenters. The SMILES string of the molecule is NC(=O)C1CCN2CCCCC12. The van der Waals surface area contributed by atoms with E-state index in [4.69, 9.17) is 5.73 Å². The number of nitrogens with zero attached hydrogens (tertiary/aromatic N) is 1. The second-order valence-electron chi connectivity index (χ2n) is 3.90. The Hall–Kier alpha value is -0.570. The third kappa shape index (κ3) is 1.22. The molecule has 2 saturated heterocycles. The summed E-state index contributed by atoms with van der Waals surface area (Å²) in [6.45, 7) is 2.26. The molecule has 0 aromatic rings. The zero-order chi connectivity index (χ0) is 8.55. The highest BCUT2D eigenvalue weighted by Crippen LogP contribution is 2.31. The molecule has 3 heteroatoms. The molecule has 0 radical (unpaired) electrons. The van der Waals surface area contributed by atoms with Gasteiger partial charge in [-0.05, 0) is 32.4 Å². The molecule has 2 aliphatic heterocycles. The predicted octanol–water partition coefficient (Wildman–Crippen LogP) is 0.346. The van der Waals surface area contributed by atoms with E-state index in [1.165, 1.54) is 25.8 Å². The van der Waals surface area contributed by atoms with Crippen LogP contribution in [0.5, 0.6) is 0 Å². The van der Waals surface area contributed by atoms with Crippen molar-refractivity contribution in [2.24, 2.45) is 11.7 Å². The second-order valence-corrected chi connectivity index (χ2v) is 3.90. The first-order valence-electron chi connectivity index (χ1n) is 4.82. The lowest BCUT2D eigenvalue weighted by molar-refractivity contribution is -0.122. The molecule has 0 bridgehead atoms. The zero-order valence-corrected chi connectivity index (χ0v) is 7.33. The summed E-state index contributed by atoms with van der Waals surface area (Å²) in [6, 6.07) is 0.483. The van der Waals surface area contributed by atoms with Gasteiger partial charge in [0.2, 0.25) is 5.91 Å². The van der Waals surface area contributed by atoms with Crippen LogP contribution in [0.3, 0.4) is 0 Å². The monoisotopic (exact) mass is 168 g/mol. The van der Waals surface area contributed by atoms with Crippen LogP contribution < -0.4 is 5.73 Å². The summed E-state index contributed by atoms with van der Waals surface area (Å²) in [4.78, 5) is 13.5. The van der Waals surface area contributed by atoms with Crippen molar-refractivity contribution in [2.45, 2.75) is 31.7 Å². The maximum Gasteiger partial charge on any atom is 0.222 e. The Morgan fingerprint density at radius 3 is 2.83 bits per heavy atom. The van der Waals surface area contributed by atoms with Gasteiger partial charge in [-0.15, -0.1) is 0 Å². The summed E-state index contributed by atoms with van der Waals surface area (Å²) < 4.78 is 0. The minimum atomic E-state index is -0.0931. The average molecular weight is 168 g/mol. The van der Waals surface area contributed by atoms with Gasteiger partial charge in [-0.3, -0.25) is 9.69 Å². The highest BCUT2D eigenvalue weighted by Gasteiger charge is 2.38. The summed E-state index contributed by atoms with van der Waals surface area (Å²) in [6.07, 6.45) is 4.72. The normalized spacial score (nSPS) is 36.3. The van der Waals surface area contributed by atoms with E-state index in [-0.39, 0.29) is 11.8 Å². The molecule has 1 amide bonds. The van der Waals surface area contributed by atoms with Gasteiger partial charge in [0.15, 0.2) is 0 Å². The zero-order valence-electron chi connectivity index (χ0n) is 7.33. The molecule has 2 aliphatic rings. The average Bonchev–Trinajstić information content (AvgIpc) is 2.47. The Morgan fingerprint density at radius 2 is 2.08 bits per heavy atom. The van der Waals surface area contributed by atoms with Crippen LogP contribution in [0.2, 0.25) is 0 Å². The van der Waals surface area contributed by atoms with Crippen molar-refractivity contribution in [1.29, 1.82) is 0 Å². The van der Waals surface area contributed by atoms with E-state index in [9.17, 15) is 4.79 Å². The van der Waals surface area contributed by atoms with Crippen molar-refractivity contribution < 1.29 is 4.79 Å². The molecule has 0 saturated carbocycles. The van der Waals surface area contributed by atoms with Gasteiger partial charge in [0.25, 0.3) is 0 Å². The summed E-state index contributed by atoms with van der Waals surface area (Å²) in [5.74, 6) is 0.0506. The maximum atomic E-state index is 11.1. The van der Waals surface area contributed by atoms with Crippen LogP contribution in [0.15, 0.2) is 0 Å². The minimum Gasteiger partial charge on any atom is -0.369 e. The molecule has 2 fully saturated rings. The van der Waals surface area contributed by atoms with Gasteiger partial charge in [0, 0.05) is 6.04 Å². The lowest BCUT2D eigenvalue weighted by Gasteiger charge is -2.31. The molecule has 68 valence electrons. The van der Waals surface area contributed by atoms with Gasteiger partial charge in [-0.2, -0.15) is 0 Å². The minimum absolute atomic E-state index is 0.0931. The first-order valence-corrected chi connectivity index (χ1v) is 4.82. The maximum absolute atomic E-state index is 11.1. The van der Waals surface area contributed by atoms with E-state index in [1.807, 2.05) is 0 Å². The summed E-state index contributed by atoms with van der Waals surface area (Å²) in [5.41, 5.74) is 5.34. The van der Waals surface area contributed by atoms with Crippen molar-refractivity contribution in [3.63, 3.8) is 0 Å². The number of carbonyl (C=O) groups is 1. The fraction of sp³-hybridized carbons (Fsp3) is 0.889. The Morgan fingerprint density at radius 1 is 1.25 bits per heavy atom.